The summed E-state index contributed by atoms with van der Waals surface area (Å²) in [6.07, 6.45) is -4.57. The van der Waals surface area contributed by atoms with Crippen LogP contribution in [0.3, 0.4) is 0 Å². The first-order valence-corrected chi connectivity index (χ1v) is 9.08. The molecular formula is C13H9F3N4OS3. The molecule has 1 amide bonds. The number of rotatable bonds is 4. The summed E-state index contributed by atoms with van der Waals surface area (Å²) in [5.41, 5.74) is 0.844. The smallest absolute Gasteiger partial charge is 0.300 e. The van der Waals surface area contributed by atoms with E-state index < -0.39 is 22.3 Å². The molecule has 1 aromatic carbocycles. The van der Waals surface area contributed by atoms with Crippen LogP contribution in [0, 0.1) is 0 Å². The van der Waals surface area contributed by atoms with Gasteiger partial charge in [0.2, 0.25) is 16.0 Å². The topological polar surface area (TPSA) is 67.8 Å². The lowest BCUT2D eigenvalue weighted by Gasteiger charge is -2.07. The number of anilines is 1. The molecule has 0 aliphatic heterocycles. The molecule has 11 heteroatoms. The molecular weight excluding hydrogens is 381 g/mol. The minimum absolute atomic E-state index is 0.177. The Morgan fingerprint density at radius 1 is 1.25 bits per heavy atom. The molecule has 0 saturated carbocycles. The second kappa shape index (κ2) is 6.65. The number of hydrogen-bond donors (Lipinski definition) is 1. The van der Waals surface area contributed by atoms with Crippen LogP contribution in [0.4, 0.5) is 18.3 Å². The summed E-state index contributed by atoms with van der Waals surface area (Å²) in [5.74, 6) is -0.455. The Bertz CT molecular complexity index is 844. The molecule has 5 nitrogen and oxygen atoms in total. The molecule has 0 fully saturated rings. The molecule has 1 atom stereocenters. The molecule has 0 radical (unpaired) electrons. The number of halogens is 3. The SMILES string of the molecule is C[C@H](Sc1nc2ccccc2s1)C(=O)Nc1nnc(C(F)(F)F)s1. The summed E-state index contributed by atoms with van der Waals surface area (Å²) in [5, 5.41) is 6.91. The van der Waals surface area contributed by atoms with E-state index >= 15 is 0 Å². The Labute approximate surface area is 146 Å². The van der Waals surface area contributed by atoms with Gasteiger partial charge in [-0.1, -0.05) is 35.2 Å². The number of hydrogen-bond acceptors (Lipinski definition) is 7. The minimum Gasteiger partial charge on any atom is -0.300 e. The Kier molecular flexibility index (Phi) is 4.74. The molecule has 24 heavy (non-hydrogen) atoms. The maximum atomic E-state index is 12.5. The van der Waals surface area contributed by atoms with E-state index in [0.29, 0.717) is 15.7 Å². The van der Waals surface area contributed by atoms with Gasteiger partial charge in [0, 0.05) is 0 Å². The zero-order valence-corrected chi connectivity index (χ0v) is 14.4. The summed E-state index contributed by atoms with van der Waals surface area (Å²) < 4.78 is 39.1. The number of aromatic nitrogens is 3. The quantitative estimate of drug-likeness (QED) is 0.673. The van der Waals surface area contributed by atoms with Gasteiger partial charge in [0.15, 0.2) is 4.34 Å². The van der Waals surface area contributed by atoms with Crippen molar-refractivity contribution in [3.63, 3.8) is 0 Å². The third-order valence-corrected chi connectivity index (χ3v) is 5.93. The standard InChI is InChI=1S/C13H9F3N4OS3/c1-6(22-12-17-7-4-2-3-5-8(7)23-12)9(21)18-11-20-19-10(24-11)13(14,15)16/h2-6H,1H3,(H,18,20,21)/t6-/m0/s1. The number of amides is 1. The maximum Gasteiger partial charge on any atom is 0.445 e. The fourth-order valence-corrected chi connectivity index (χ4v) is 4.53. The van der Waals surface area contributed by atoms with Crippen molar-refractivity contribution in [1.29, 1.82) is 0 Å². The molecule has 0 aliphatic carbocycles. The van der Waals surface area contributed by atoms with Crippen LogP contribution >= 0.6 is 34.4 Å². The van der Waals surface area contributed by atoms with Gasteiger partial charge in [-0.25, -0.2) is 4.98 Å². The van der Waals surface area contributed by atoms with E-state index in [0.717, 1.165) is 10.2 Å². The van der Waals surface area contributed by atoms with Crippen LogP contribution in [0.2, 0.25) is 0 Å². The van der Waals surface area contributed by atoms with Gasteiger partial charge in [-0.3, -0.25) is 10.1 Å². The number of thiazole rings is 1. The molecule has 3 aromatic rings. The first-order valence-electron chi connectivity index (χ1n) is 6.57. The van der Waals surface area contributed by atoms with Crippen molar-refractivity contribution in [3.05, 3.63) is 29.3 Å². The number of fused-ring (bicyclic) bond motifs is 1. The van der Waals surface area contributed by atoms with Gasteiger partial charge < -0.3 is 0 Å². The van der Waals surface area contributed by atoms with Crippen LogP contribution in [-0.2, 0) is 11.0 Å². The van der Waals surface area contributed by atoms with E-state index in [1.54, 1.807) is 6.92 Å². The van der Waals surface area contributed by atoms with Gasteiger partial charge in [0.1, 0.15) is 0 Å². The molecule has 0 spiro atoms. The van der Waals surface area contributed by atoms with E-state index in [4.69, 9.17) is 0 Å². The third-order valence-electron chi connectivity index (χ3n) is 2.82. The van der Waals surface area contributed by atoms with E-state index in [1.807, 2.05) is 24.3 Å². The fraction of sp³-hybridized carbons (Fsp3) is 0.231. The average molecular weight is 390 g/mol. The lowest BCUT2D eigenvalue weighted by Crippen LogP contribution is -2.22. The molecule has 2 aromatic heterocycles. The normalized spacial score (nSPS) is 13.2. The van der Waals surface area contributed by atoms with E-state index in [9.17, 15) is 18.0 Å². The summed E-state index contributed by atoms with van der Waals surface area (Å²) in [6, 6.07) is 7.58. The highest BCUT2D eigenvalue weighted by Gasteiger charge is 2.36. The number of nitrogens with one attached hydrogen (secondary N) is 1. The van der Waals surface area contributed by atoms with Gasteiger partial charge >= 0.3 is 6.18 Å². The third kappa shape index (κ3) is 3.84. The van der Waals surface area contributed by atoms with E-state index in [1.165, 1.54) is 23.1 Å². The van der Waals surface area contributed by atoms with Gasteiger partial charge in [0.05, 0.1) is 15.5 Å². The molecule has 0 saturated heterocycles. The van der Waals surface area contributed by atoms with Crippen molar-refractivity contribution in [2.24, 2.45) is 0 Å². The Balaban J connectivity index is 1.65. The Hall–Kier alpha value is -1.72. The number of benzene rings is 1. The number of carbonyl (C=O) groups is 1. The molecule has 1 N–H and O–H groups in total. The molecule has 0 unspecified atom stereocenters. The Morgan fingerprint density at radius 2 is 2.00 bits per heavy atom. The van der Waals surface area contributed by atoms with Gasteiger partial charge in [-0.2, -0.15) is 13.2 Å². The summed E-state index contributed by atoms with van der Waals surface area (Å²) in [4.78, 5) is 16.5. The van der Waals surface area contributed by atoms with E-state index in [2.05, 4.69) is 20.5 Å². The predicted molar refractivity (Wildman–Crippen MR) is 88.5 cm³/mol. The minimum atomic E-state index is -4.57. The number of carbonyl (C=O) groups excluding carboxylic acids is 1. The van der Waals surface area contributed by atoms with Crippen molar-refractivity contribution in [2.45, 2.75) is 22.7 Å². The summed E-state index contributed by atoms with van der Waals surface area (Å²) in [6.45, 7) is 1.65. The molecule has 0 bridgehead atoms. The molecule has 2 heterocycles. The van der Waals surface area contributed by atoms with Gasteiger partial charge in [0.25, 0.3) is 0 Å². The van der Waals surface area contributed by atoms with Crippen molar-refractivity contribution in [1.82, 2.24) is 15.2 Å². The zero-order chi connectivity index (χ0) is 17.3. The van der Waals surface area contributed by atoms with Crippen LogP contribution in [-0.4, -0.2) is 26.3 Å². The van der Waals surface area contributed by atoms with Crippen molar-refractivity contribution < 1.29 is 18.0 Å². The first-order chi connectivity index (χ1) is 11.3. The number of nitrogens with zero attached hydrogens (tertiary/aromatic N) is 3. The van der Waals surface area contributed by atoms with Crippen LogP contribution < -0.4 is 5.32 Å². The number of thioether (sulfide) groups is 1. The van der Waals surface area contributed by atoms with Crippen molar-refractivity contribution in [2.75, 3.05) is 5.32 Å². The predicted octanol–water partition coefficient (Wildman–Crippen LogP) is 4.29. The van der Waals surface area contributed by atoms with Crippen molar-refractivity contribution >= 4 is 55.7 Å². The van der Waals surface area contributed by atoms with E-state index in [-0.39, 0.29) is 5.13 Å². The highest BCUT2D eigenvalue weighted by molar-refractivity contribution is 8.02. The molecule has 3 rings (SSSR count). The van der Waals surface area contributed by atoms with Crippen LogP contribution in [0.5, 0.6) is 0 Å². The number of alkyl halides is 3. The van der Waals surface area contributed by atoms with Crippen LogP contribution in [0.15, 0.2) is 28.6 Å². The van der Waals surface area contributed by atoms with Gasteiger partial charge in [-0.05, 0) is 19.1 Å². The second-order valence-electron chi connectivity index (χ2n) is 4.61. The van der Waals surface area contributed by atoms with Crippen LogP contribution in [0.1, 0.15) is 11.9 Å². The highest BCUT2D eigenvalue weighted by atomic mass is 32.2. The van der Waals surface area contributed by atoms with Gasteiger partial charge in [-0.15, -0.1) is 21.5 Å². The molecule has 0 aliphatic rings. The maximum absolute atomic E-state index is 12.5. The summed E-state index contributed by atoms with van der Waals surface area (Å²) in [7, 11) is 0. The average Bonchev–Trinajstić information content (AvgIpc) is 3.12. The largest absolute Gasteiger partial charge is 0.445 e. The van der Waals surface area contributed by atoms with Crippen molar-refractivity contribution in [3.8, 4) is 0 Å². The monoisotopic (exact) mass is 390 g/mol. The highest BCUT2D eigenvalue weighted by Crippen LogP contribution is 2.34. The molecule has 126 valence electrons. The summed E-state index contributed by atoms with van der Waals surface area (Å²) >= 11 is 2.99. The lowest BCUT2D eigenvalue weighted by molar-refractivity contribution is -0.138. The number of para-hydroxylation sites is 1. The van der Waals surface area contributed by atoms with Crippen LogP contribution in [0.25, 0.3) is 10.2 Å². The Morgan fingerprint density at radius 3 is 2.67 bits per heavy atom. The lowest BCUT2D eigenvalue weighted by atomic mass is 10.3. The fourth-order valence-electron chi connectivity index (χ4n) is 1.70. The second-order valence-corrected chi connectivity index (χ2v) is 8.20. The first kappa shape index (κ1) is 17.1. The zero-order valence-electron chi connectivity index (χ0n) is 12.0.